The van der Waals surface area contributed by atoms with Crippen molar-refractivity contribution >= 4 is 23.3 Å². The van der Waals surface area contributed by atoms with Gasteiger partial charge < -0.3 is 14.8 Å². The second-order valence-corrected chi connectivity index (χ2v) is 5.28. The van der Waals surface area contributed by atoms with Crippen LogP contribution in [0.25, 0.3) is 0 Å². The van der Waals surface area contributed by atoms with Crippen LogP contribution < -0.4 is 10.1 Å². The van der Waals surface area contributed by atoms with Crippen LogP contribution in [-0.4, -0.2) is 30.5 Å². The number of allylic oxidation sites excluding steroid dienone is 2. The van der Waals surface area contributed by atoms with Gasteiger partial charge in [0.2, 0.25) is 0 Å². The number of ether oxygens (including phenoxy) is 2. The molecule has 1 N–H and O–H groups in total. The van der Waals surface area contributed by atoms with Gasteiger partial charge in [0.05, 0.1) is 29.7 Å². The molecule has 0 fully saturated rings. The Balaban J connectivity index is 1.91. The van der Waals surface area contributed by atoms with Gasteiger partial charge in [-0.2, -0.15) is 0 Å². The maximum absolute atomic E-state index is 11.9. The van der Waals surface area contributed by atoms with Gasteiger partial charge in [0, 0.05) is 6.07 Å². The van der Waals surface area contributed by atoms with Crippen molar-refractivity contribution in [1.82, 2.24) is 0 Å². The van der Waals surface area contributed by atoms with E-state index < -0.39 is 23.4 Å². The Kier molecular flexibility index (Phi) is 5.89. The highest BCUT2D eigenvalue weighted by Gasteiger charge is 2.21. The number of nitrogens with one attached hydrogen (secondary N) is 1. The topological polar surface area (TPSA) is 108 Å². The minimum Gasteiger partial charge on any atom is -0.494 e. The van der Waals surface area contributed by atoms with Gasteiger partial charge >= 0.3 is 5.97 Å². The van der Waals surface area contributed by atoms with E-state index in [2.05, 4.69) is 5.32 Å². The lowest BCUT2D eigenvalue weighted by molar-refractivity contribution is -0.384. The number of esters is 1. The summed E-state index contributed by atoms with van der Waals surface area (Å²) in [5, 5.41) is 13.2. The average molecular weight is 334 g/mol. The van der Waals surface area contributed by atoms with Crippen molar-refractivity contribution in [2.45, 2.75) is 19.3 Å². The Morgan fingerprint density at radius 3 is 2.79 bits per heavy atom. The van der Waals surface area contributed by atoms with Crippen LogP contribution in [0, 0.1) is 16.0 Å². The quantitative estimate of drug-likeness (QED) is 0.370. The van der Waals surface area contributed by atoms with E-state index in [4.69, 9.17) is 9.47 Å². The van der Waals surface area contributed by atoms with E-state index in [1.165, 1.54) is 25.3 Å². The molecule has 0 aromatic heterocycles. The van der Waals surface area contributed by atoms with Crippen molar-refractivity contribution in [1.29, 1.82) is 0 Å². The summed E-state index contributed by atoms with van der Waals surface area (Å²) >= 11 is 0. The van der Waals surface area contributed by atoms with Crippen molar-refractivity contribution in [3.63, 3.8) is 0 Å². The van der Waals surface area contributed by atoms with Gasteiger partial charge in [-0.05, 0) is 25.3 Å². The van der Waals surface area contributed by atoms with Gasteiger partial charge in [-0.1, -0.05) is 12.2 Å². The molecule has 8 nitrogen and oxygen atoms in total. The normalized spacial score (nSPS) is 16.3. The number of nitrogens with zero attached hydrogens (tertiary/aromatic N) is 1. The fraction of sp³-hybridized carbons (Fsp3) is 0.375. The molecule has 0 heterocycles. The molecule has 1 amide bonds. The van der Waals surface area contributed by atoms with E-state index in [1.807, 2.05) is 12.2 Å². The number of nitro groups is 1. The van der Waals surface area contributed by atoms with Crippen LogP contribution in [0.4, 0.5) is 11.4 Å². The first-order valence-electron chi connectivity index (χ1n) is 7.45. The van der Waals surface area contributed by atoms with Gasteiger partial charge in [-0.3, -0.25) is 19.7 Å². The van der Waals surface area contributed by atoms with Crippen LogP contribution in [0.5, 0.6) is 5.75 Å². The Bertz CT molecular complexity index is 671. The monoisotopic (exact) mass is 334 g/mol. The number of carbonyl (C=O) groups is 2. The number of nitro benzene ring substituents is 1. The first-order chi connectivity index (χ1) is 11.5. The molecule has 0 unspecified atom stereocenters. The number of methoxy groups -OCH3 is 1. The van der Waals surface area contributed by atoms with Gasteiger partial charge in [0.1, 0.15) is 5.75 Å². The highest BCUT2D eigenvalue weighted by molar-refractivity contribution is 5.94. The molecule has 2 rings (SSSR count). The van der Waals surface area contributed by atoms with Crippen LogP contribution >= 0.6 is 0 Å². The second-order valence-electron chi connectivity index (χ2n) is 5.28. The van der Waals surface area contributed by atoms with Crippen LogP contribution in [0.3, 0.4) is 0 Å². The first kappa shape index (κ1) is 17.5. The highest BCUT2D eigenvalue weighted by Crippen LogP contribution is 2.29. The molecule has 1 atom stereocenters. The van der Waals surface area contributed by atoms with Crippen molar-refractivity contribution < 1.29 is 24.0 Å². The van der Waals surface area contributed by atoms with Crippen LogP contribution in [0.2, 0.25) is 0 Å². The SMILES string of the molecule is COc1cc([N+](=O)[O-])ccc1NC(=O)COC(=O)[C@@H]1CC=CCC1. The summed E-state index contributed by atoms with van der Waals surface area (Å²) in [6.07, 6.45) is 6.10. The summed E-state index contributed by atoms with van der Waals surface area (Å²) in [5.41, 5.74) is 0.117. The molecule has 1 aliphatic rings. The van der Waals surface area contributed by atoms with E-state index in [0.29, 0.717) is 12.8 Å². The largest absolute Gasteiger partial charge is 0.494 e. The predicted molar refractivity (Wildman–Crippen MR) is 85.7 cm³/mol. The number of rotatable bonds is 6. The molecular weight excluding hydrogens is 316 g/mol. The maximum Gasteiger partial charge on any atom is 0.309 e. The standard InChI is InChI=1S/C16H18N2O6/c1-23-14-9-12(18(21)22)7-8-13(14)17-15(19)10-24-16(20)11-5-3-2-4-6-11/h2-3,7-9,11H,4-6,10H2,1H3,(H,17,19)/t11-/m1/s1. The van der Waals surface area contributed by atoms with E-state index in [-0.39, 0.29) is 23.0 Å². The Hall–Kier alpha value is -2.90. The summed E-state index contributed by atoms with van der Waals surface area (Å²) in [7, 11) is 1.34. The lowest BCUT2D eigenvalue weighted by atomic mass is 9.95. The molecule has 0 spiro atoms. The van der Waals surface area contributed by atoms with Crippen LogP contribution in [0.1, 0.15) is 19.3 Å². The number of amides is 1. The second kappa shape index (κ2) is 8.09. The number of carbonyl (C=O) groups excluding carboxylic acids is 2. The van der Waals surface area contributed by atoms with Crippen molar-refractivity contribution in [2.75, 3.05) is 19.0 Å². The summed E-state index contributed by atoms with van der Waals surface area (Å²) in [5.74, 6) is -0.995. The van der Waals surface area contributed by atoms with E-state index in [1.54, 1.807) is 0 Å². The summed E-state index contributed by atoms with van der Waals surface area (Å²) < 4.78 is 10.0. The third-order valence-corrected chi connectivity index (χ3v) is 3.62. The molecular formula is C16H18N2O6. The molecule has 0 saturated carbocycles. The molecule has 24 heavy (non-hydrogen) atoms. The summed E-state index contributed by atoms with van der Waals surface area (Å²) in [6, 6.07) is 3.82. The zero-order chi connectivity index (χ0) is 17.5. The molecule has 1 aliphatic carbocycles. The van der Waals surface area contributed by atoms with Crippen molar-refractivity contribution in [3.8, 4) is 5.75 Å². The summed E-state index contributed by atoms with van der Waals surface area (Å²) in [4.78, 5) is 33.9. The first-order valence-corrected chi connectivity index (χ1v) is 7.45. The number of hydrogen-bond acceptors (Lipinski definition) is 6. The molecule has 0 bridgehead atoms. The lowest BCUT2D eigenvalue weighted by Crippen LogP contribution is -2.25. The van der Waals surface area contributed by atoms with Crippen molar-refractivity contribution in [3.05, 3.63) is 40.5 Å². The molecule has 128 valence electrons. The molecule has 1 aromatic rings. The Labute approximate surface area is 138 Å². The van der Waals surface area contributed by atoms with E-state index in [9.17, 15) is 19.7 Å². The predicted octanol–water partition coefficient (Wildman–Crippen LogP) is 2.44. The van der Waals surface area contributed by atoms with Gasteiger partial charge in [0.15, 0.2) is 6.61 Å². The number of benzene rings is 1. The highest BCUT2D eigenvalue weighted by atomic mass is 16.6. The third kappa shape index (κ3) is 4.55. The summed E-state index contributed by atoms with van der Waals surface area (Å²) in [6.45, 7) is -0.417. The minimum atomic E-state index is -0.561. The van der Waals surface area contributed by atoms with Crippen LogP contribution in [0.15, 0.2) is 30.4 Å². The fourth-order valence-corrected chi connectivity index (χ4v) is 2.35. The van der Waals surface area contributed by atoms with Gasteiger partial charge in [-0.25, -0.2) is 0 Å². The zero-order valence-corrected chi connectivity index (χ0v) is 13.2. The number of hydrogen-bond donors (Lipinski definition) is 1. The zero-order valence-electron chi connectivity index (χ0n) is 13.2. The minimum absolute atomic E-state index is 0.151. The smallest absolute Gasteiger partial charge is 0.309 e. The lowest BCUT2D eigenvalue weighted by Gasteiger charge is -2.16. The van der Waals surface area contributed by atoms with E-state index >= 15 is 0 Å². The molecule has 0 saturated heterocycles. The Morgan fingerprint density at radius 2 is 2.17 bits per heavy atom. The third-order valence-electron chi connectivity index (χ3n) is 3.62. The number of non-ortho nitro benzene ring substituents is 1. The van der Waals surface area contributed by atoms with Crippen LogP contribution in [-0.2, 0) is 14.3 Å². The number of anilines is 1. The van der Waals surface area contributed by atoms with E-state index in [0.717, 1.165) is 6.42 Å². The average Bonchev–Trinajstić information content (AvgIpc) is 2.60. The molecule has 1 aromatic carbocycles. The molecule has 8 heteroatoms. The Morgan fingerprint density at radius 1 is 1.38 bits per heavy atom. The van der Waals surface area contributed by atoms with Crippen molar-refractivity contribution in [2.24, 2.45) is 5.92 Å². The fourth-order valence-electron chi connectivity index (χ4n) is 2.35. The van der Waals surface area contributed by atoms with Gasteiger partial charge in [-0.15, -0.1) is 0 Å². The molecule has 0 aliphatic heterocycles. The van der Waals surface area contributed by atoms with Gasteiger partial charge in [0.25, 0.3) is 11.6 Å². The maximum atomic E-state index is 11.9. The molecule has 0 radical (unpaired) electrons.